The van der Waals surface area contributed by atoms with Crippen molar-refractivity contribution in [2.75, 3.05) is 28.4 Å². The lowest BCUT2D eigenvalue weighted by Gasteiger charge is -2.24. The summed E-state index contributed by atoms with van der Waals surface area (Å²) in [6.45, 7) is 0. The van der Waals surface area contributed by atoms with Crippen molar-refractivity contribution in [1.82, 2.24) is 5.32 Å². The molecule has 1 aliphatic rings. The summed E-state index contributed by atoms with van der Waals surface area (Å²) in [5, 5.41) is 2.90. The van der Waals surface area contributed by atoms with E-state index in [9.17, 15) is 9.59 Å². The Hall–Kier alpha value is -3.42. The van der Waals surface area contributed by atoms with Crippen molar-refractivity contribution in [1.29, 1.82) is 0 Å². The summed E-state index contributed by atoms with van der Waals surface area (Å²) in [4.78, 5) is 26.4. The summed E-state index contributed by atoms with van der Waals surface area (Å²) < 4.78 is 27.0. The van der Waals surface area contributed by atoms with Gasteiger partial charge in [-0.15, -0.1) is 0 Å². The van der Waals surface area contributed by atoms with E-state index in [1.807, 2.05) is 0 Å². The highest BCUT2D eigenvalue weighted by Gasteiger charge is 2.29. The van der Waals surface area contributed by atoms with Crippen molar-refractivity contribution in [2.45, 2.75) is 44.2 Å². The summed E-state index contributed by atoms with van der Waals surface area (Å²) in [6, 6.07) is 9.85. The van der Waals surface area contributed by atoms with Crippen LogP contribution in [-0.2, 0) is 4.74 Å². The van der Waals surface area contributed by atoms with Gasteiger partial charge in [0.05, 0.1) is 28.4 Å². The Bertz CT molecular complexity index is 925. The second-order valence-corrected chi connectivity index (χ2v) is 7.88. The number of hydrogen-bond acceptors (Lipinski definition) is 7. The van der Waals surface area contributed by atoms with E-state index in [1.165, 1.54) is 28.4 Å². The lowest BCUT2D eigenvalue weighted by molar-refractivity contribution is 0.0612. The summed E-state index contributed by atoms with van der Waals surface area (Å²) >= 11 is 0. The summed E-state index contributed by atoms with van der Waals surface area (Å²) in [6.07, 6.45) is 3.21. The number of carbonyl (C=O) groups excluding carboxylic acids is 2. The van der Waals surface area contributed by atoms with Crippen LogP contribution in [0, 0.1) is 0 Å². The molecule has 178 valence electrons. The minimum atomic E-state index is -1.23. The smallest absolute Gasteiger partial charge is 0.408 e. The maximum absolute atomic E-state index is 13.6. The van der Waals surface area contributed by atoms with Crippen LogP contribution >= 0.6 is 0 Å². The Morgan fingerprint density at radius 2 is 1.24 bits per heavy atom. The fraction of sp³-hybridized carbons (Fsp3) is 0.440. The van der Waals surface area contributed by atoms with Gasteiger partial charge in [-0.05, 0) is 37.1 Å². The first-order valence-corrected chi connectivity index (χ1v) is 10.9. The fourth-order valence-electron chi connectivity index (χ4n) is 3.91. The Kier molecular flexibility index (Phi) is 8.40. The molecule has 1 saturated carbocycles. The third-order valence-corrected chi connectivity index (χ3v) is 5.70. The molecule has 8 heteroatoms. The van der Waals surface area contributed by atoms with Gasteiger partial charge in [-0.25, -0.2) is 4.79 Å². The van der Waals surface area contributed by atoms with Crippen LogP contribution < -0.4 is 24.3 Å². The van der Waals surface area contributed by atoms with E-state index < -0.39 is 18.0 Å². The highest BCUT2D eigenvalue weighted by Crippen LogP contribution is 2.33. The fourth-order valence-corrected chi connectivity index (χ4v) is 3.91. The molecule has 2 aromatic rings. The van der Waals surface area contributed by atoms with Crippen LogP contribution in [0.4, 0.5) is 4.79 Å². The van der Waals surface area contributed by atoms with Crippen LogP contribution in [0.1, 0.15) is 54.1 Å². The van der Waals surface area contributed by atoms with E-state index in [4.69, 9.17) is 23.7 Å². The lowest BCUT2D eigenvalue weighted by atomic mass is 9.96. The minimum Gasteiger partial charge on any atom is -0.497 e. The number of hydrogen-bond donors (Lipinski definition) is 1. The second kappa shape index (κ2) is 11.4. The van der Waals surface area contributed by atoms with E-state index >= 15 is 0 Å². The van der Waals surface area contributed by atoms with Gasteiger partial charge in [-0.2, -0.15) is 0 Å². The monoisotopic (exact) mass is 457 g/mol. The molecule has 1 atom stereocenters. The first-order valence-electron chi connectivity index (χ1n) is 10.9. The molecule has 2 aromatic carbocycles. The highest BCUT2D eigenvalue weighted by atomic mass is 16.6. The lowest BCUT2D eigenvalue weighted by Crippen LogP contribution is -2.38. The van der Waals surface area contributed by atoms with Gasteiger partial charge < -0.3 is 29.0 Å². The third-order valence-electron chi connectivity index (χ3n) is 5.70. The molecule has 0 bridgehead atoms. The zero-order chi connectivity index (χ0) is 23.8. The van der Waals surface area contributed by atoms with Crippen LogP contribution in [0.5, 0.6) is 23.0 Å². The molecule has 1 fully saturated rings. The van der Waals surface area contributed by atoms with Gasteiger partial charge in [0.15, 0.2) is 6.10 Å². The molecule has 0 saturated heterocycles. The van der Waals surface area contributed by atoms with Crippen LogP contribution in [0.2, 0.25) is 0 Å². The molecular formula is C25H31NO7. The average molecular weight is 458 g/mol. The Balaban J connectivity index is 1.96. The topological polar surface area (TPSA) is 92.3 Å². The average Bonchev–Trinajstić information content (AvgIpc) is 2.86. The Morgan fingerprint density at radius 1 is 0.758 bits per heavy atom. The summed E-state index contributed by atoms with van der Waals surface area (Å²) in [7, 11) is 6.03. The molecule has 0 radical (unpaired) electrons. The van der Waals surface area contributed by atoms with Crippen molar-refractivity contribution < 1.29 is 33.3 Å². The van der Waals surface area contributed by atoms with Crippen molar-refractivity contribution >= 4 is 11.9 Å². The van der Waals surface area contributed by atoms with Crippen molar-refractivity contribution in [3.63, 3.8) is 0 Å². The molecule has 1 unspecified atom stereocenters. The zero-order valence-electron chi connectivity index (χ0n) is 19.5. The molecule has 0 spiro atoms. The predicted molar refractivity (Wildman–Crippen MR) is 123 cm³/mol. The van der Waals surface area contributed by atoms with Gasteiger partial charge in [-0.1, -0.05) is 19.3 Å². The quantitative estimate of drug-likeness (QED) is 0.546. The van der Waals surface area contributed by atoms with E-state index in [-0.39, 0.29) is 11.6 Å². The molecule has 1 amide bonds. The van der Waals surface area contributed by atoms with Gasteiger partial charge in [-0.3, -0.25) is 4.79 Å². The molecular weight excluding hydrogens is 426 g/mol. The van der Waals surface area contributed by atoms with Crippen LogP contribution in [0.15, 0.2) is 36.4 Å². The van der Waals surface area contributed by atoms with Gasteiger partial charge in [0, 0.05) is 29.3 Å². The molecule has 3 rings (SSSR count). The first kappa shape index (κ1) is 24.2. The number of carbonyl (C=O) groups is 2. The van der Waals surface area contributed by atoms with Gasteiger partial charge in [0.25, 0.3) is 0 Å². The number of nitrogens with one attached hydrogen (secondary N) is 1. The van der Waals surface area contributed by atoms with Crippen molar-refractivity contribution in [2.24, 2.45) is 0 Å². The first-order chi connectivity index (χ1) is 16.0. The number of Topliss-reactive ketones (excluding diaryl/α,β-unsaturated/α-hetero) is 1. The van der Waals surface area contributed by atoms with Gasteiger partial charge >= 0.3 is 6.09 Å². The molecule has 0 aromatic heterocycles. The normalized spacial score (nSPS) is 14.7. The van der Waals surface area contributed by atoms with Crippen LogP contribution in [0.25, 0.3) is 0 Å². The van der Waals surface area contributed by atoms with Crippen molar-refractivity contribution in [3.8, 4) is 23.0 Å². The van der Waals surface area contributed by atoms with Gasteiger partial charge in [0.1, 0.15) is 23.0 Å². The molecule has 33 heavy (non-hydrogen) atoms. The largest absolute Gasteiger partial charge is 0.497 e. The van der Waals surface area contributed by atoms with E-state index in [1.54, 1.807) is 36.4 Å². The SMILES string of the molecule is COc1cc(OC)cc(C(=O)C(OC(=O)NC2CCCCC2)c2cc(OC)cc(OC)c2)c1. The second-order valence-electron chi connectivity index (χ2n) is 7.88. The number of amides is 1. The maximum Gasteiger partial charge on any atom is 0.408 e. The van der Waals surface area contributed by atoms with Crippen LogP contribution in [-0.4, -0.2) is 46.4 Å². The molecule has 8 nitrogen and oxygen atoms in total. The molecule has 1 N–H and O–H groups in total. The minimum absolute atomic E-state index is 0.0405. The third kappa shape index (κ3) is 6.31. The number of benzene rings is 2. The van der Waals surface area contributed by atoms with E-state index in [0.717, 1.165) is 32.1 Å². The Morgan fingerprint density at radius 3 is 1.73 bits per heavy atom. The zero-order valence-corrected chi connectivity index (χ0v) is 19.5. The van der Waals surface area contributed by atoms with Crippen molar-refractivity contribution in [3.05, 3.63) is 47.5 Å². The standard InChI is InChI=1S/C25H31NO7/c1-29-19-10-16(11-20(14-19)30-2)23(27)24(17-12-21(31-3)15-22(13-17)32-4)33-25(28)26-18-8-6-5-7-9-18/h10-15,18,24H,5-9H2,1-4H3,(H,26,28). The van der Waals surface area contributed by atoms with Crippen LogP contribution in [0.3, 0.4) is 0 Å². The number of methoxy groups -OCH3 is 4. The Labute approximate surface area is 194 Å². The molecule has 0 heterocycles. The predicted octanol–water partition coefficient (Wildman–Crippen LogP) is 4.70. The summed E-state index contributed by atoms with van der Waals surface area (Å²) in [5.41, 5.74) is 0.709. The molecule has 1 aliphatic carbocycles. The molecule has 0 aliphatic heterocycles. The number of rotatable bonds is 9. The highest BCUT2D eigenvalue weighted by molar-refractivity contribution is 6.01. The number of ether oxygens (including phenoxy) is 5. The maximum atomic E-state index is 13.6. The number of ketones is 1. The number of alkyl carbamates (subject to hydrolysis) is 1. The van der Waals surface area contributed by atoms with Gasteiger partial charge in [0.2, 0.25) is 5.78 Å². The van der Waals surface area contributed by atoms with E-state index in [0.29, 0.717) is 28.6 Å². The van der Waals surface area contributed by atoms with E-state index in [2.05, 4.69) is 5.32 Å². The summed E-state index contributed by atoms with van der Waals surface area (Å²) in [5.74, 6) is 1.42.